The summed E-state index contributed by atoms with van der Waals surface area (Å²) in [5.41, 5.74) is 2.39. The van der Waals surface area contributed by atoms with Crippen molar-refractivity contribution in [3.8, 4) is 0 Å². The largest absolute Gasteiger partial charge is 0.452 e. The number of hydrogen-bond acceptors (Lipinski definition) is 8. The zero-order chi connectivity index (χ0) is 24.0. The lowest BCUT2D eigenvalue weighted by Crippen LogP contribution is -2.36. The average Bonchev–Trinajstić information content (AvgIpc) is 3.35. The van der Waals surface area contributed by atoms with E-state index >= 15 is 0 Å². The molecule has 35 heavy (non-hydrogen) atoms. The number of rotatable bonds is 7. The van der Waals surface area contributed by atoms with Gasteiger partial charge in [0.15, 0.2) is 11.7 Å². The van der Waals surface area contributed by atoms with Crippen LogP contribution in [0, 0.1) is 0 Å². The van der Waals surface area contributed by atoms with E-state index < -0.39 is 5.97 Å². The molecule has 0 unspecified atom stereocenters. The number of hydrogen-bond donors (Lipinski definition) is 0. The summed E-state index contributed by atoms with van der Waals surface area (Å²) in [6, 6.07) is 13.3. The summed E-state index contributed by atoms with van der Waals surface area (Å²) >= 11 is 1.57. The SMILES string of the molecule is O=C(OCC(=O)N(Cc1ccccc1)c1nc2c(s1)CCCC2)c1ccc(N2CCOCC2)nc1. The molecular weight excluding hydrogens is 464 g/mol. The summed E-state index contributed by atoms with van der Waals surface area (Å²) in [6.07, 6.45) is 5.72. The van der Waals surface area contributed by atoms with Crippen LogP contribution in [0.5, 0.6) is 0 Å². The van der Waals surface area contributed by atoms with Crippen LogP contribution in [-0.4, -0.2) is 54.8 Å². The van der Waals surface area contributed by atoms with Crippen LogP contribution in [0.2, 0.25) is 0 Å². The zero-order valence-electron chi connectivity index (χ0n) is 19.5. The molecule has 0 bridgehead atoms. The second-order valence-corrected chi connectivity index (χ2v) is 9.68. The van der Waals surface area contributed by atoms with E-state index in [1.165, 1.54) is 11.1 Å². The fourth-order valence-corrected chi connectivity index (χ4v) is 5.42. The number of morpholine rings is 1. The van der Waals surface area contributed by atoms with Gasteiger partial charge in [-0.3, -0.25) is 9.69 Å². The number of carbonyl (C=O) groups excluding carboxylic acids is 2. The molecule has 0 saturated carbocycles. The number of nitrogens with zero attached hydrogens (tertiary/aromatic N) is 4. The van der Waals surface area contributed by atoms with Crippen molar-refractivity contribution >= 4 is 34.2 Å². The van der Waals surface area contributed by atoms with Crippen molar-refractivity contribution in [3.05, 3.63) is 70.4 Å². The van der Waals surface area contributed by atoms with Crippen molar-refractivity contribution in [2.24, 2.45) is 0 Å². The number of aromatic nitrogens is 2. The van der Waals surface area contributed by atoms with Crippen LogP contribution >= 0.6 is 11.3 Å². The number of carbonyl (C=O) groups is 2. The minimum atomic E-state index is -0.572. The highest BCUT2D eigenvalue weighted by molar-refractivity contribution is 7.15. The lowest BCUT2D eigenvalue weighted by molar-refractivity contribution is -0.121. The summed E-state index contributed by atoms with van der Waals surface area (Å²) in [7, 11) is 0. The van der Waals surface area contributed by atoms with Gasteiger partial charge in [0.05, 0.1) is 31.0 Å². The quantitative estimate of drug-likeness (QED) is 0.466. The number of benzene rings is 1. The molecule has 1 aromatic carbocycles. The predicted molar refractivity (Wildman–Crippen MR) is 134 cm³/mol. The van der Waals surface area contributed by atoms with E-state index in [1.807, 2.05) is 30.3 Å². The number of pyridine rings is 1. The first kappa shape index (κ1) is 23.4. The average molecular weight is 493 g/mol. The topological polar surface area (TPSA) is 84.9 Å². The van der Waals surface area contributed by atoms with Crippen LogP contribution in [0.4, 0.5) is 10.9 Å². The second-order valence-electron chi connectivity index (χ2n) is 8.62. The molecule has 0 radical (unpaired) electrons. The first-order valence-corrected chi connectivity index (χ1v) is 12.8. The summed E-state index contributed by atoms with van der Waals surface area (Å²) in [6.45, 7) is 2.87. The number of thiazole rings is 1. The summed E-state index contributed by atoms with van der Waals surface area (Å²) in [5, 5.41) is 0.665. The molecule has 1 aliphatic carbocycles. The molecule has 3 aromatic rings. The van der Waals surface area contributed by atoms with Gasteiger partial charge in [0, 0.05) is 24.2 Å². The van der Waals surface area contributed by atoms with E-state index in [0.29, 0.717) is 30.5 Å². The van der Waals surface area contributed by atoms with Crippen LogP contribution < -0.4 is 9.80 Å². The van der Waals surface area contributed by atoms with Crippen LogP contribution in [0.3, 0.4) is 0 Å². The van der Waals surface area contributed by atoms with Gasteiger partial charge < -0.3 is 14.4 Å². The molecule has 1 saturated heterocycles. The van der Waals surface area contributed by atoms with E-state index in [-0.39, 0.29) is 12.5 Å². The maximum Gasteiger partial charge on any atom is 0.340 e. The van der Waals surface area contributed by atoms with Crippen LogP contribution in [0.1, 0.15) is 39.3 Å². The Labute approximate surface area is 208 Å². The van der Waals surface area contributed by atoms with E-state index in [1.54, 1.807) is 28.4 Å². The lowest BCUT2D eigenvalue weighted by Gasteiger charge is -2.27. The molecule has 0 atom stereocenters. The summed E-state index contributed by atoms with van der Waals surface area (Å²) in [5.74, 6) is -0.0774. The van der Waals surface area contributed by atoms with Crippen molar-refractivity contribution in [3.63, 3.8) is 0 Å². The van der Waals surface area contributed by atoms with Crippen molar-refractivity contribution in [1.82, 2.24) is 9.97 Å². The molecule has 5 rings (SSSR count). The highest BCUT2D eigenvalue weighted by atomic mass is 32.1. The Hall–Kier alpha value is -3.30. The minimum absolute atomic E-state index is 0.300. The summed E-state index contributed by atoms with van der Waals surface area (Å²) < 4.78 is 10.8. The van der Waals surface area contributed by atoms with Crippen molar-refractivity contribution < 1.29 is 19.1 Å². The smallest absolute Gasteiger partial charge is 0.340 e. The second kappa shape index (κ2) is 11.0. The molecule has 1 amide bonds. The highest BCUT2D eigenvalue weighted by Gasteiger charge is 2.25. The van der Waals surface area contributed by atoms with Crippen LogP contribution in [0.25, 0.3) is 0 Å². The first-order valence-electron chi connectivity index (χ1n) is 12.0. The molecule has 1 fully saturated rings. The third-order valence-corrected chi connectivity index (χ3v) is 7.38. The molecular formula is C26H28N4O4S. The van der Waals surface area contributed by atoms with E-state index in [4.69, 9.17) is 14.5 Å². The van der Waals surface area contributed by atoms with Gasteiger partial charge in [-0.25, -0.2) is 14.8 Å². The molecule has 8 nitrogen and oxygen atoms in total. The predicted octanol–water partition coefficient (Wildman–Crippen LogP) is 3.64. The van der Waals surface area contributed by atoms with Gasteiger partial charge in [-0.2, -0.15) is 0 Å². The Morgan fingerprint density at radius 2 is 1.86 bits per heavy atom. The molecule has 0 N–H and O–H groups in total. The van der Waals surface area contributed by atoms with Crippen molar-refractivity contribution in [2.75, 3.05) is 42.7 Å². The Kier molecular flexibility index (Phi) is 7.34. The van der Waals surface area contributed by atoms with Gasteiger partial charge in [-0.15, -0.1) is 11.3 Å². The number of ether oxygens (including phenoxy) is 2. The van der Waals surface area contributed by atoms with Crippen LogP contribution in [0.15, 0.2) is 48.7 Å². The highest BCUT2D eigenvalue weighted by Crippen LogP contribution is 2.32. The standard InChI is InChI=1S/C26H28N4O4S/c31-24(18-34-25(32)20-10-11-23(27-16-20)29-12-14-33-15-13-29)30(17-19-6-2-1-3-7-19)26-28-21-8-4-5-9-22(21)35-26/h1-3,6-7,10-11,16H,4-5,8-9,12-15,17-18H2. The number of fused-ring (bicyclic) bond motifs is 1. The van der Waals surface area contributed by atoms with Gasteiger partial charge >= 0.3 is 5.97 Å². The fourth-order valence-electron chi connectivity index (χ4n) is 4.26. The van der Waals surface area contributed by atoms with Crippen LogP contribution in [-0.2, 0) is 33.7 Å². The number of esters is 1. The van der Waals surface area contributed by atoms with Crippen molar-refractivity contribution in [1.29, 1.82) is 0 Å². The molecule has 0 spiro atoms. The third kappa shape index (κ3) is 5.68. The fraction of sp³-hybridized carbons (Fsp3) is 0.385. The van der Waals surface area contributed by atoms with E-state index in [9.17, 15) is 9.59 Å². The molecule has 3 heterocycles. The molecule has 2 aromatic heterocycles. The van der Waals surface area contributed by atoms with Gasteiger partial charge in [0.2, 0.25) is 0 Å². The Balaban J connectivity index is 1.26. The first-order chi connectivity index (χ1) is 17.2. The van der Waals surface area contributed by atoms with Gasteiger partial charge in [0.1, 0.15) is 5.82 Å². The normalized spacial score (nSPS) is 15.4. The minimum Gasteiger partial charge on any atom is -0.452 e. The number of anilines is 2. The van der Waals surface area contributed by atoms with Gasteiger partial charge in [-0.1, -0.05) is 30.3 Å². The van der Waals surface area contributed by atoms with Gasteiger partial charge in [0.25, 0.3) is 5.91 Å². The molecule has 1 aliphatic heterocycles. The maximum atomic E-state index is 13.2. The van der Waals surface area contributed by atoms with Gasteiger partial charge in [-0.05, 0) is 43.4 Å². The number of aryl methyl sites for hydroxylation is 2. The number of amides is 1. The van der Waals surface area contributed by atoms with E-state index in [0.717, 1.165) is 55.8 Å². The Morgan fingerprint density at radius 1 is 1.06 bits per heavy atom. The zero-order valence-corrected chi connectivity index (χ0v) is 20.3. The Bertz CT molecular complexity index is 1140. The Morgan fingerprint density at radius 3 is 2.60 bits per heavy atom. The van der Waals surface area contributed by atoms with E-state index in [2.05, 4.69) is 9.88 Å². The van der Waals surface area contributed by atoms with Crippen molar-refractivity contribution in [2.45, 2.75) is 32.2 Å². The molecule has 2 aliphatic rings. The maximum absolute atomic E-state index is 13.2. The monoisotopic (exact) mass is 492 g/mol. The molecule has 9 heteroatoms. The lowest BCUT2D eigenvalue weighted by atomic mass is 10.0. The summed E-state index contributed by atoms with van der Waals surface area (Å²) in [4.78, 5) is 40.0. The third-order valence-electron chi connectivity index (χ3n) is 6.20. The molecule has 182 valence electrons.